The summed E-state index contributed by atoms with van der Waals surface area (Å²) in [6.45, 7) is 5.16. The molecular weight excluding hydrogens is 638 g/mol. The van der Waals surface area contributed by atoms with E-state index in [4.69, 9.17) is 19.0 Å². The third-order valence-electron chi connectivity index (χ3n) is 6.54. The van der Waals surface area contributed by atoms with Crippen molar-refractivity contribution in [3.05, 3.63) is 71.8 Å². The summed E-state index contributed by atoms with van der Waals surface area (Å²) in [4.78, 5) is 79.2. The maximum Gasteiger partial charge on any atom is 0.335 e. The van der Waals surface area contributed by atoms with Gasteiger partial charge in [0.1, 0.15) is 25.8 Å². The van der Waals surface area contributed by atoms with Crippen LogP contribution >= 0.6 is 0 Å². The molecule has 266 valence electrons. The Morgan fingerprint density at radius 1 is 0.816 bits per heavy atom. The molecule has 0 bridgehead atoms. The molecule has 0 aliphatic heterocycles. The second kappa shape index (κ2) is 21.7. The van der Waals surface area contributed by atoms with Crippen molar-refractivity contribution in [1.82, 2.24) is 21.1 Å². The number of nitrogens with one attached hydrogen (secondary N) is 3. The molecular formula is C34H45N5O10. The molecule has 1 unspecified atom stereocenters. The van der Waals surface area contributed by atoms with Crippen LogP contribution in [0.4, 0.5) is 0 Å². The Kier molecular flexibility index (Phi) is 17.7. The number of hydrogen-bond donors (Lipinski definition) is 3. The third-order valence-corrected chi connectivity index (χ3v) is 6.54. The average molecular weight is 684 g/mol. The lowest BCUT2D eigenvalue weighted by Gasteiger charge is -2.22. The molecule has 0 saturated heterocycles. The number of carbonyl (C=O) groups is 5. The molecule has 2 aromatic carbocycles. The first-order valence-electron chi connectivity index (χ1n) is 15.7. The number of amides is 2. The van der Waals surface area contributed by atoms with E-state index >= 15 is 0 Å². The minimum Gasteiger partial charge on any atom is -0.468 e. The van der Waals surface area contributed by atoms with Gasteiger partial charge in [-0.3, -0.25) is 24.5 Å². The summed E-state index contributed by atoms with van der Waals surface area (Å²) < 4.78 is 15.7. The quantitative estimate of drug-likeness (QED) is 0.0330. The summed E-state index contributed by atoms with van der Waals surface area (Å²) in [6.07, 6.45) is 2.26. The highest BCUT2D eigenvalue weighted by molar-refractivity contribution is 5.99. The molecule has 3 N–H and O–H groups in total. The Hall–Kier alpha value is -5.11. The third kappa shape index (κ3) is 17.0. The number of ether oxygens (including phenoxy) is 3. The van der Waals surface area contributed by atoms with E-state index in [9.17, 15) is 28.8 Å². The van der Waals surface area contributed by atoms with Crippen molar-refractivity contribution >= 4 is 35.8 Å². The van der Waals surface area contributed by atoms with Crippen LogP contribution in [-0.4, -0.2) is 86.4 Å². The first-order valence-corrected chi connectivity index (χ1v) is 15.7. The molecule has 15 nitrogen and oxygen atoms in total. The first-order chi connectivity index (χ1) is 23.4. The second-order valence-electron chi connectivity index (χ2n) is 12.0. The van der Waals surface area contributed by atoms with Crippen LogP contribution in [0.1, 0.15) is 51.2 Å². The van der Waals surface area contributed by atoms with Gasteiger partial charge in [0.05, 0.1) is 20.3 Å². The number of hydrogen-bond acceptors (Lipinski definition) is 13. The second-order valence-corrected chi connectivity index (χ2v) is 12.0. The highest BCUT2D eigenvalue weighted by atomic mass is 16.7. The molecule has 0 heterocycles. The largest absolute Gasteiger partial charge is 0.468 e. The summed E-state index contributed by atoms with van der Waals surface area (Å²) in [5.41, 5.74) is 1.17. The summed E-state index contributed by atoms with van der Waals surface area (Å²) in [7, 11) is 1.18. The maximum atomic E-state index is 13.1. The zero-order chi connectivity index (χ0) is 36.1. The average Bonchev–Trinajstić information content (AvgIpc) is 3.09. The Morgan fingerprint density at radius 2 is 1.39 bits per heavy atom. The summed E-state index contributed by atoms with van der Waals surface area (Å²) in [5, 5.41) is 11.9. The van der Waals surface area contributed by atoms with Gasteiger partial charge in [-0.1, -0.05) is 86.5 Å². The molecule has 0 aliphatic carbocycles. The SMILES string of the molecule is COC(=O)C(CCCCNC(=O)CNC(=O)CN(N=C=O)OCC(C)(C)C)NC(C(=O)OCc1ccccc1)C(=O)OCc1ccccc1. The Bertz CT molecular complexity index is 1340. The van der Waals surface area contributed by atoms with Crippen molar-refractivity contribution < 1.29 is 47.8 Å². The fourth-order valence-electron chi connectivity index (χ4n) is 4.01. The molecule has 2 rings (SSSR count). The van der Waals surface area contributed by atoms with Gasteiger partial charge in [0, 0.05) is 6.54 Å². The molecule has 2 aromatic rings. The number of unbranched alkanes of at least 4 members (excludes halogenated alkanes) is 1. The van der Waals surface area contributed by atoms with Crippen LogP contribution in [0.15, 0.2) is 65.8 Å². The lowest BCUT2D eigenvalue weighted by atomic mass is 9.99. The van der Waals surface area contributed by atoms with Crippen molar-refractivity contribution in [2.75, 3.05) is 33.4 Å². The molecule has 0 aromatic heterocycles. The van der Waals surface area contributed by atoms with Gasteiger partial charge in [0.15, 0.2) is 0 Å². The zero-order valence-corrected chi connectivity index (χ0v) is 28.3. The van der Waals surface area contributed by atoms with E-state index < -0.39 is 48.4 Å². The van der Waals surface area contributed by atoms with Crippen molar-refractivity contribution in [3.8, 4) is 0 Å². The summed E-state index contributed by atoms with van der Waals surface area (Å²) in [6, 6.07) is 15.1. The Balaban J connectivity index is 1.88. The normalized spacial score (nSPS) is 11.4. The minimum absolute atomic E-state index is 0.0945. The fraction of sp³-hybridized carbons (Fsp3) is 0.471. The van der Waals surface area contributed by atoms with E-state index in [-0.39, 0.29) is 44.7 Å². The first kappa shape index (κ1) is 40.1. The van der Waals surface area contributed by atoms with E-state index in [2.05, 4.69) is 21.1 Å². The molecule has 0 radical (unpaired) electrons. The fourth-order valence-corrected chi connectivity index (χ4v) is 4.01. The van der Waals surface area contributed by atoms with E-state index in [1.807, 2.05) is 32.9 Å². The molecule has 15 heteroatoms. The predicted molar refractivity (Wildman–Crippen MR) is 175 cm³/mol. The van der Waals surface area contributed by atoms with Crippen molar-refractivity contribution in [1.29, 1.82) is 0 Å². The molecule has 2 amide bonds. The summed E-state index contributed by atoms with van der Waals surface area (Å²) in [5.74, 6) is -3.63. The molecule has 1 atom stereocenters. The number of benzene rings is 2. The van der Waals surface area contributed by atoms with Gasteiger partial charge in [0.2, 0.25) is 17.9 Å². The van der Waals surface area contributed by atoms with Crippen LogP contribution < -0.4 is 16.0 Å². The van der Waals surface area contributed by atoms with E-state index in [0.29, 0.717) is 24.0 Å². The van der Waals surface area contributed by atoms with E-state index in [0.717, 1.165) is 5.17 Å². The van der Waals surface area contributed by atoms with Crippen LogP contribution in [0.2, 0.25) is 0 Å². The lowest BCUT2D eigenvalue weighted by Crippen LogP contribution is -2.52. The van der Waals surface area contributed by atoms with Gasteiger partial charge in [-0.05, 0) is 35.8 Å². The van der Waals surface area contributed by atoms with Crippen LogP contribution in [0, 0.1) is 5.41 Å². The van der Waals surface area contributed by atoms with Crippen LogP contribution in [0.25, 0.3) is 0 Å². The maximum absolute atomic E-state index is 13.1. The Labute approximate surface area is 285 Å². The standard InChI is InChI=1S/C34H45N5O10/c1-34(2,3)23-49-39(37-24-40)20-29(42)36-19-28(41)35-18-12-11-17-27(31(43)46-4)38-30(32(44)47-21-25-13-7-5-8-14-25)33(45)48-22-26-15-9-6-10-16-26/h5-10,13-16,27,30,38H,11-12,17-23H2,1-4H3,(H,35,41)(H,36,42). The molecule has 49 heavy (non-hydrogen) atoms. The van der Waals surface area contributed by atoms with Crippen molar-refractivity contribution in [3.63, 3.8) is 0 Å². The minimum atomic E-state index is -1.62. The number of isocyanates is 1. The van der Waals surface area contributed by atoms with Crippen LogP contribution in [0.5, 0.6) is 0 Å². The van der Waals surface area contributed by atoms with Gasteiger partial charge in [-0.2, -0.15) is 5.17 Å². The highest BCUT2D eigenvalue weighted by Gasteiger charge is 2.35. The number of nitrogens with zero attached hydrogens (tertiary/aromatic N) is 2. The van der Waals surface area contributed by atoms with Gasteiger partial charge in [-0.15, -0.1) is 0 Å². The van der Waals surface area contributed by atoms with Gasteiger partial charge >= 0.3 is 17.9 Å². The van der Waals surface area contributed by atoms with Crippen LogP contribution in [0.3, 0.4) is 0 Å². The van der Waals surface area contributed by atoms with Crippen molar-refractivity contribution in [2.45, 2.75) is 65.3 Å². The molecule has 0 spiro atoms. The highest BCUT2D eigenvalue weighted by Crippen LogP contribution is 2.14. The number of rotatable bonds is 21. The topological polar surface area (TPSA) is 191 Å². The monoisotopic (exact) mass is 683 g/mol. The number of carbonyl (C=O) groups excluding carboxylic acids is 6. The molecule has 0 saturated carbocycles. The lowest BCUT2D eigenvalue weighted by molar-refractivity contribution is -0.182. The number of esters is 3. The smallest absolute Gasteiger partial charge is 0.335 e. The molecule has 0 aliphatic rings. The van der Waals surface area contributed by atoms with E-state index in [1.165, 1.54) is 13.2 Å². The Morgan fingerprint density at radius 3 is 1.90 bits per heavy atom. The van der Waals surface area contributed by atoms with Gasteiger partial charge < -0.3 is 24.8 Å². The van der Waals surface area contributed by atoms with Crippen molar-refractivity contribution in [2.24, 2.45) is 10.5 Å². The number of hydrazone groups is 1. The summed E-state index contributed by atoms with van der Waals surface area (Å²) >= 11 is 0. The van der Waals surface area contributed by atoms with Gasteiger partial charge in [0.25, 0.3) is 6.08 Å². The zero-order valence-electron chi connectivity index (χ0n) is 28.3. The van der Waals surface area contributed by atoms with Crippen LogP contribution in [-0.2, 0) is 61.0 Å². The van der Waals surface area contributed by atoms with Gasteiger partial charge in [-0.25, -0.2) is 14.4 Å². The number of hydroxylamine groups is 1. The molecule has 0 fully saturated rings. The predicted octanol–water partition coefficient (Wildman–Crippen LogP) is 1.91. The number of methoxy groups -OCH3 is 1. The van der Waals surface area contributed by atoms with E-state index in [1.54, 1.807) is 48.5 Å².